The van der Waals surface area contributed by atoms with E-state index < -0.39 is 0 Å². The summed E-state index contributed by atoms with van der Waals surface area (Å²) in [6, 6.07) is 0. The van der Waals surface area contributed by atoms with Crippen LogP contribution in [0.3, 0.4) is 0 Å². The van der Waals surface area contributed by atoms with Gasteiger partial charge < -0.3 is 9.88 Å². The van der Waals surface area contributed by atoms with Crippen molar-refractivity contribution in [2.75, 3.05) is 13.1 Å². The second kappa shape index (κ2) is 3.87. The summed E-state index contributed by atoms with van der Waals surface area (Å²) in [6.07, 6.45) is 4.22. The zero-order valence-electron chi connectivity index (χ0n) is 8.03. The van der Waals surface area contributed by atoms with Crippen molar-refractivity contribution in [2.45, 2.75) is 32.2 Å². The van der Waals surface area contributed by atoms with E-state index in [0.717, 1.165) is 19.6 Å². The van der Waals surface area contributed by atoms with Crippen LogP contribution in [0.4, 0.5) is 0 Å². The molecule has 0 amide bonds. The topological polar surface area (TPSA) is 42.7 Å². The number of hydrogen-bond acceptors (Lipinski definition) is 3. The Balaban J connectivity index is 2.13. The molecule has 4 nitrogen and oxygen atoms in total. The molecule has 2 rings (SSSR count). The van der Waals surface area contributed by atoms with E-state index in [9.17, 15) is 0 Å². The lowest BCUT2D eigenvalue weighted by Gasteiger charge is -2.21. The molecule has 0 aliphatic carbocycles. The average Bonchev–Trinajstić information content (AvgIpc) is 2.67. The number of piperidine rings is 1. The fourth-order valence-electron chi connectivity index (χ4n) is 1.90. The van der Waals surface area contributed by atoms with E-state index in [4.69, 9.17) is 0 Å². The third-order valence-electron chi connectivity index (χ3n) is 2.69. The largest absolute Gasteiger partial charge is 0.318 e. The molecule has 2 heterocycles. The number of hydrogen-bond donors (Lipinski definition) is 1. The highest BCUT2D eigenvalue weighted by Gasteiger charge is 2.19. The molecule has 1 saturated heterocycles. The van der Waals surface area contributed by atoms with Crippen molar-refractivity contribution in [1.29, 1.82) is 0 Å². The first-order chi connectivity index (χ1) is 6.42. The SMILES string of the molecule is CCn1cnnc1C1CCNCC1. The van der Waals surface area contributed by atoms with Gasteiger partial charge in [-0.2, -0.15) is 0 Å². The summed E-state index contributed by atoms with van der Waals surface area (Å²) in [5.74, 6) is 1.78. The van der Waals surface area contributed by atoms with E-state index in [1.165, 1.54) is 18.7 Å². The van der Waals surface area contributed by atoms with Gasteiger partial charge in [-0.3, -0.25) is 0 Å². The molecule has 72 valence electrons. The van der Waals surface area contributed by atoms with Crippen molar-refractivity contribution in [3.05, 3.63) is 12.2 Å². The van der Waals surface area contributed by atoms with Crippen molar-refractivity contribution < 1.29 is 0 Å². The Morgan fingerprint density at radius 2 is 2.31 bits per heavy atom. The van der Waals surface area contributed by atoms with Gasteiger partial charge in [0.05, 0.1) is 0 Å². The minimum absolute atomic E-state index is 0.615. The fraction of sp³-hybridized carbons (Fsp3) is 0.778. The Bertz CT molecular complexity index is 262. The van der Waals surface area contributed by atoms with Crippen molar-refractivity contribution in [2.24, 2.45) is 0 Å². The van der Waals surface area contributed by atoms with Gasteiger partial charge in [-0.1, -0.05) is 0 Å². The fourth-order valence-corrected chi connectivity index (χ4v) is 1.90. The Morgan fingerprint density at radius 1 is 1.54 bits per heavy atom. The van der Waals surface area contributed by atoms with Crippen LogP contribution in [-0.4, -0.2) is 27.9 Å². The predicted molar refractivity (Wildman–Crippen MR) is 50.5 cm³/mol. The van der Waals surface area contributed by atoms with Crippen LogP contribution in [0.15, 0.2) is 6.33 Å². The van der Waals surface area contributed by atoms with Crippen molar-refractivity contribution in [3.63, 3.8) is 0 Å². The van der Waals surface area contributed by atoms with Gasteiger partial charge in [-0.15, -0.1) is 10.2 Å². The second-order valence-electron chi connectivity index (χ2n) is 3.50. The molecule has 1 aromatic heterocycles. The van der Waals surface area contributed by atoms with Gasteiger partial charge in [0.1, 0.15) is 12.2 Å². The lowest BCUT2D eigenvalue weighted by Crippen LogP contribution is -2.28. The summed E-state index contributed by atoms with van der Waals surface area (Å²) in [7, 11) is 0. The maximum absolute atomic E-state index is 4.20. The Hall–Kier alpha value is -0.900. The maximum atomic E-state index is 4.20. The minimum Gasteiger partial charge on any atom is -0.318 e. The van der Waals surface area contributed by atoms with Gasteiger partial charge in [-0.25, -0.2) is 0 Å². The van der Waals surface area contributed by atoms with E-state index in [1.54, 1.807) is 0 Å². The zero-order chi connectivity index (χ0) is 9.10. The van der Waals surface area contributed by atoms with Crippen LogP contribution in [0.2, 0.25) is 0 Å². The van der Waals surface area contributed by atoms with E-state index >= 15 is 0 Å². The molecular formula is C9H16N4. The number of aromatic nitrogens is 3. The molecule has 0 bridgehead atoms. The predicted octanol–water partition coefficient (Wildman–Crippen LogP) is 0.765. The van der Waals surface area contributed by atoms with Crippen LogP contribution in [0.5, 0.6) is 0 Å². The van der Waals surface area contributed by atoms with E-state index in [-0.39, 0.29) is 0 Å². The van der Waals surface area contributed by atoms with Gasteiger partial charge in [0.15, 0.2) is 0 Å². The first-order valence-corrected chi connectivity index (χ1v) is 5.00. The lowest BCUT2D eigenvalue weighted by molar-refractivity contribution is 0.431. The summed E-state index contributed by atoms with van der Waals surface area (Å²) in [4.78, 5) is 0. The van der Waals surface area contributed by atoms with Gasteiger partial charge in [0.25, 0.3) is 0 Å². The summed E-state index contributed by atoms with van der Waals surface area (Å²) in [6.45, 7) is 5.34. The summed E-state index contributed by atoms with van der Waals surface area (Å²) in [5.41, 5.74) is 0. The van der Waals surface area contributed by atoms with Gasteiger partial charge >= 0.3 is 0 Å². The number of nitrogens with zero attached hydrogens (tertiary/aromatic N) is 3. The smallest absolute Gasteiger partial charge is 0.135 e. The normalized spacial score (nSPS) is 19.2. The van der Waals surface area contributed by atoms with Crippen LogP contribution >= 0.6 is 0 Å². The second-order valence-corrected chi connectivity index (χ2v) is 3.50. The van der Waals surface area contributed by atoms with E-state index in [0.29, 0.717) is 5.92 Å². The summed E-state index contributed by atoms with van der Waals surface area (Å²) >= 11 is 0. The molecular weight excluding hydrogens is 164 g/mol. The molecule has 0 radical (unpaired) electrons. The summed E-state index contributed by atoms with van der Waals surface area (Å²) in [5, 5.41) is 11.5. The van der Waals surface area contributed by atoms with Crippen LogP contribution in [0.1, 0.15) is 31.5 Å². The maximum Gasteiger partial charge on any atom is 0.135 e. The number of nitrogens with one attached hydrogen (secondary N) is 1. The Kier molecular flexibility index (Phi) is 2.59. The van der Waals surface area contributed by atoms with E-state index in [1.807, 2.05) is 6.33 Å². The first kappa shape index (κ1) is 8.69. The molecule has 13 heavy (non-hydrogen) atoms. The molecule has 0 aromatic carbocycles. The van der Waals surface area contributed by atoms with E-state index in [2.05, 4.69) is 27.0 Å². The molecule has 1 fully saturated rings. The van der Waals surface area contributed by atoms with Gasteiger partial charge in [0, 0.05) is 12.5 Å². The molecule has 0 saturated carbocycles. The van der Waals surface area contributed by atoms with Crippen molar-refractivity contribution in [1.82, 2.24) is 20.1 Å². The van der Waals surface area contributed by atoms with Crippen molar-refractivity contribution in [3.8, 4) is 0 Å². The van der Waals surface area contributed by atoms with Crippen molar-refractivity contribution >= 4 is 0 Å². The average molecular weight is 180 g/mol. The van der Waals surface area contributed by atoms with Gasteiger partial charge in [0.2, 0.25) is 0 Å². The minimum atomic E-state index is 0.615. The molecule has 4 heteroatoms. The summed E-state index contributed by atoms with van der Waals surface area (Å²) < 4.78 is 2.15. The van der Waals surface area contributed by atoms with Crippen LogP contribution in [-0.2, 0) is 6.54 Å². The highest BCUT2D eigenvalue weighted by molar-refractivity contribution is 4.98. The van der Waals surface area contributed by atoms with Crippen LogP contribution in [0.25, 0.3) is 0 Å². The third kappa shape index (κ3) is 1.72. The number of rotatable bonds is 2. The standard InChI is InChI=1S/C9H16N4/c1-2-13-7-11-12-9(13)8-3-5-10-6-4-8/h7-8,10H,2-6H2,1H3. The highest BCUT2D eigenvalue weighted by Crippen LogP contribution is 2.22. The molecule has 0 unspecified atom stereocenters. The van der Waals surface area contributed by atoms with Crippen LogP contribution in [0, 0.1) is 0 Å². The van der Waals surface area contributed by atoms with Crippen LogP contribution < -0.4 is 5.32 Å². The Morgan fingerprint density at radius 3 is 3.00 bits per heavy atom. The number of aryl methyl sites for hydroxylation is 1. The lowest BCUT2D eigenvalue weighted by atomic mass is 9.97. The zero-order valence-corrected chi connectivity index (χ0v) is 8.03. The quantitative estimate of drug-likeness (QED) is 0.731. The molecule has 1 aromatic rings. The molecule has 1 N–H and O–H groups in total. The third-order valence-corrected chi connectivity index (χ3v) is 2.69. The monoisotopic (exact) mass is 180 g/mol. The first-order valence-electron chi connectivity index (χ1n) is 5.00. The molecule has 1 aliphatic rings. The molecule has 0 atom stereocenters. The molecule has 1 aliphatic heterocycles. The Labute approximate surface area is 78.4 Å². The highest BCUT2D eigenvalue weighted by atomic mass is 15.3. The molecule has 0 spiro atoms. The van der Waals surface area contributed by atoms with Gasteiger partial charge in [-0.05, 0) is 32.9 Å².